The summed E-state index contributed by atoms with van der Waals surface area (Å²) in [5.74, 6) is 0.0957. The molecule has 0 aromatic heterocycles. The highest BCUT2D eigenvalue weighted by atomic mass is 35.5. The van der Waals surface area contributed by atoms with Gasteiger partial charge in [0.1, 0.15) is 5.84 Å². The number of benzene rings is 2. The Balaban J connectivity index is 2.32. The Bertz CT molecular complexity index is 880. The number of nitrogens with two attached hydrogens (primary N) is 1. The molecule has 9 heteroatoms. The number of amides is 1. The number of nitrogens with one attached hydrogen (secondary N) is 1. The SMILES string of the molecule is Cc1ccc(NC(CSC(N)=O)=NS(=O)(=O)c2ccc(Cl)cc2)cc1. The summed E-state index contributed by atoms with van der Waals surface area (Å²) in [6, 6.07) is 13.0. The molecule has 2 aromatic rings. The fourth-order valence-corrected chi connectivity index (χ4v) is 3.44. The highest BCUT2D eigenvalue weighted by Gasteiger charge is 2.15. The molecule has 0 aliphatic heterocycles. The fourth-order valence-electron chi connectivity index (χ4n) is 1.83. The lowest BCUT2D eigenvalue weighted by atomic mass is 10.2. The predicted octanol–water partition coefficient (Wildman–Crippen LogP) is 3.66. The molecule has 1 amide bonds. The summed E-state index contributed by atoms with van der Waals surface area (Å²) in [6.07, 6.45) is 0. The number of hydrogen-bond donors (Lipinski definition) is 2. The van der Waals surface area contributed by atoms with Gasteiger partial charge >= 0.3 is 0 Å². The van der Waals surface area contributed by atoms with E-state index in [9.17, 15) is 13.2 Å². The normalized spacial score (nSPS) is 12.0. The van der Waals surface area contributed by atoms with Crippen LogP contribution in [0.5, 0.6) is 0 Å². The van der Waals surface area contributed by atoms with E-state index in [1.54, 1.807) is 12.1 Å². The van der Waals surface area contributed by atoms with Crippen molar-refractivity contribution < 1.29 is 13.2 Å². The molecule has 6 nitrogen and oxygen atoms in total. The summed E-state index contributed by atoms with van der Waals surface area (Å²) in [5.41, 5.74) is 6.84. The molecule has 25 heavy (non-hydrogen) atoms. The Hall–Kier alpha value is -2.03. The summed E-state index contributed by atoms with van der Waals surface area (Å²) in [7, 11) is -3.95. The number of carbonyl (C=O) groups is 1. The van der Waals surface area contributed by atoms with E-state index in [0.29, 0.717) is 10.7 Å². The van der Waals surface area contributed by atoms with E-state index >= 15 is 0 Å². The number of sulfonamides is 1. The molecule has 2 aromatic carbocycles. The van der Waals surface area contributed by atoms with Gasteiger partial charge in [0, 0.05) is 10.7 Å². The molecule has 0 spiro atoms. The predicted molar refractivity (Wildman–Crippen MR) is 103 cm³/mol. The van der Waals surface area contributed by atoms with Gasteiger partial charge in [0.2, 0.25) is 0 Å². The van der Waals surface area contributed by atoms with Gasteiger partial charge in [-0.05, 0) is 43.3 Å². The third-order valence-corrected chi connectivity index (χ3v) is 5.32. The Kier molecular flexibility index (Phi) is 6.46. The minimum absolute atomic E-state index is 0.00387. The minimum atomic E-state index is -3.95. The molecular weight excluding hydrogens is 382 g/mol. The molecule has 0 atom stereocenters. The van der Waals surface area contributed by atoms with Crippen LogP contribution in [-0.4, -0.2) is 25.2 Å². The van der Waals surface area contributed by atoms with Crippen molar-refractivity contribution in [2.24, 2.45) is 10.1 Å². The largest absolute Gasteiger partial charge is 0.361 e. The van der Waals surface area contributed by atoms with Crippen molar-refractivity contribution in [2.75, 3.05) is 11.1 Å². The second-order valence-electron chi connectivity index (χ2n) is 5.07. The van der Waals surface area contributed by atoms with Crippen LogP contribution in [0.25, 0.3) is 0 Å². The van der Waals surface area contributed by atoms with Gasteiger partial charge < -0.3 is 11.1 Å². The molecule has 0 bridgehead atoms. The Morgan fingerprint density at radius 1 is 1.16 bits per heavy atom. The van der Waals surface area contributed by atoms with Crippen LogP contribution in [0, 0.1) is 6.92 Å². The van der Waals surface area contributed by atoms with E-state index < -0.39 is 15.3 Å². The Morgan fingerprint density at radius 2 is 1.76 bits per heavy atom. The summed E-state index contributed by atoms with van der Waals surface area (Å²) in [5, 5.41) is 2.71. The number of nitrogens with zero attached hydrogens (tertiary/aromatic N) is 1. The number of amidine groups is 1. The van der Waals surface area contributed by atoms with Gasteiger partial charge in [-0.3, -0.25) is 4.79 Å². The maximum atomic E-state index is 12.4. The van der Waals surface area contributed by atoms with Gasteiger partial charge in [-0.1, -0.05) is 41.1 Å². The molecular formula is C16H16ClN3O3S2. The topological polar surface area (TPSA) is 102 Å². The number of primary amides is 1. The van der Waals surface area contributed by atoms with E-state index in [-0.39, 0.29) is 16.5 Å². The number of anilines is 1. The number of rotatable bonds is 5. The smallest absolute Gasteiger partial charge is 0.283 e. The average molecular weight is 398 g/mol. The van der Waals surface area contributed by atoms with Crippen LogP contribution >= 0.6 is 23.4 Å². The summed E-state index contributed by atoms with van der Waals surface area (Å²) in [4.78, 5) is 11.0. The zero-order valence-electron chi connectivity index (χ0n) is 13.3. The van der Waals surface area contributed by atoms with Crippen LogP contribution in [-0.2, 0) is 10.0 Å². The van der Waals surface area contributed by atoms with Crippen LogP contribution in [0.2, 0.25) is 5.02 Å². The average Bonchev–Trinajstić information content (AvgIpc) is 2.55. The molecule has 0 radical (unpaired) electrons. The second-order valence-corrected chi connectivity index (χ2v) is 8.09. The van der Waals surface area contributed by atoms with Crippen LogP contribution in [0.15, 0.2) is 57.8 Å². The molecule has 132 valence electrons. The zero-order valence-corrected chi connectivity index (χ0v) is 15.7. The van der Waals surface area contributed by atoms with Gasteiger partial charge in [-0.15, -0.1) is 4.40 Å². The quantitative estimate of drug-likeness (QED) is 0.592. The van der Waals surface area contributed by atoms with E-state index in [2.05, 4.69) is 9.71 Å². The third kappa shape index (κ3) is 6.08. The number of thioether (sulfide) groups is 1. The second kappa shape index (κ2) is 8.37. The van der Waals surface area contributed by atoms with E-state index in [1.807, 2.05) is 19.1 Å². The molecule has 0 aliphatic carbocycles. The van der Waals surface area contributed by atoms with E-state index in [0.717, 1.165) is 17.3 Å². The highest BCUT2D eigenvalue weighted by Crippen LogP contribution is 2.18. The van der Waals surface area contributed by atoms with Crippen molar-refractivity contribution in [3.8, 4) is 0 Å². The third-order valence-electron chi connectivity index (χ3n) is 3.03. The Labute approximate surface area is 155 Å². The number of aryl methyl sites for hydroxylation is 1. The van der Waals surface area contributed by atoms with Gasteiger partial charge in [0.15, 0.2) is 0 Å². The van der Waals surface area contributed by atoms with Crippen molar-refractivity contribution in [2.45, 2.75) is 11.8 Å². The van der Waals surface area contributed by atoms with Crippen molar-refractivity contribution in [3.63, 3.8) is 0 Å². The first-order chi connectivity index (χ1) is 11.8. The molecule has 0 saturated carbocycles. The van der Waals surface area contributed by atoms with Gasteiger partial charge in [-0.2, -0.15) is 8.42 Å². The molecule has 0 unspecified atom stereocenters. The summed E-state index contributed by atoms with van der Waals surface area (Å²) < 4.78 is 28.7. The molecule has 0 fully saturated rings. The first-order valence-corrected chi connectivity index (χ1v) is 9.92. The summed E-state index contributed by atoms with van der Waals surface area (Å²) >= 11 is 6.53. The maximum Gasteiger partial charge on any atom is 0.283 e. The zero-order chi connectivity index (χ0) is 18.4. The monoisotopic (exact) mass is 397 g/mol. The molecule has 0 saturated heterocycles. The van der Waals surface area contributed by atoms with Crippen LogP contribution in [0.1, 0.15) is 5.56 Å². The molecule has 0 aliphatic rings. The van der Waals surface area contributed by atoms with E-state index in [4.69, 9.17) is 17.3 Å². The lowest BCUT2D eigenvalue weighted by Crippen LogP contribution is -2.19. The van der Waals surface area contributed by atoms with Gasteiger partial charge in [-0.25, -0.2) is 0 Å². The first-order valence-electron chi connectivity index (χ1n) is 7.11. The lowest BCUT2D eigenvalue weighted by molar-refractivity contribution is 0.267. The van der Waals surface area contributed by atoms with Crippen molar-refractivity contribution in [3.05, 3.63) is 59.1 Å². The van der Waals surface area contributed by atoms with Crippen molar-refractivity contribution in [1.29, 1.82) is 0 Å². The first kappa shape index (κ1) is 19.3. The lowest BCUT2D eigenvalue weighted by Gasteiger charge is -2.10. The standard InChI is InChI=1S/C16H16ClN3O3S2/c1-11-2-6-13(7-3-11)19-15(10-24-16(18)21)20-25(22,23)14-8-4-12(17)5-9-14/h2-9H,10H2,1H3,(H2,18,21)(H,19,20). The van der Waals surface area contributed by atoms with Gasteiger partial charge in [0.05, 0.1) is 10.6 Å². The Morgan fingerprint density at radius 3 is 2.32 bits per heavy atom. The van der Waals surface area contributed by atoms with Crippen LogP contribution < -0.4 is 11.1 Å². The van der Waals surface area contributed by atoms with E-state index in [1.165, 1.54) is 24.3 Å². The number of carbonyl (C=O) groups excluding carboxylic acids is 1. The summed E-state index contributed by atoms with van der Waals surface area (Å²) in [6.45, 7) is 1.94. The molecule has 0 heterocycles. The van der Waals surface area contributed by atoms with Crippen LogP contribution in [0.4, 0.5) is 10.5 Å². The van der Waals surface area contributed by atoms with Gasteiger partial charge in [0.25, 0.3) is 15.3 Å². The molecule has 2 rings (SSSR count). The van der Waals surface area contributed by atoms with Crippen molar-refractivity contribution >= 4 is 50.1 Å². The fraction of sp³-hybridized carbons (Fsp3) is 0.125. The number of hydrogen-bond acceptors (Lipinski definition) is 4. The minimum Gasteiger partial charge on any atom is -0.361 e. The van der Waals surface area contributed by atoms with Crippen LogP contribution in [0.3, 0.4) is 0 Å². The highest BCUT2D eigenvalue weighted by molar-refractivity contribution is 8.14. The number of halogens is 1. The maximum absolute atomic E-state index is 12.4. The molecule has 3 N–H and O–H groups in total. The van der Waals surface area contributed by atoms with Crippen molar-refractivity contribution in [1.82, 2.24) is 0 Å².